The van der Waals surface area contributed by atoms with Crippen LogP contribution in [0.4, 0.5) is 5.69 Å². The number of rotatable bonds is 2. The SMILES string of the molecule is CCOC(=O)C1CCc2cc(Br)ccc2N1. The van der Waals surface area contributed by atoms with E-state index in [0.717, 1.165) is 23.0 Å². The van der Waals surface area contributed by atoms with Crippen molar-refractivity contribution in [3.63, 3.8) is 0 Å². The van der Waals surface area contributed by atoms with Crippen LogP contribution in [0.5, 0.6) is 0 Å². The molecule has 0 bridgehead atoms. The second kappa shape index (κ2) is 4.87. The molecule has 0 aromatic heterocycles. The lowest BCUT2D eigenvalue weighted by molar-refractivity contribution is -0.144. The fourth-order valence-corrected chi connectivity index (χ4v) is 2.30. The monoisotopic (exact) mass is 283 g/mol. The maximum atomic E-state index is 11.6. The fraction of sp³-hybridized carbons (Fsp3) is 0.417. The summed E-state index contributed by atoms with van der Waals surface area (Å²) in [6.07, 6.45) is 1.70. The maximum Gasteiger partial charge on any atom is 0.328 e. The Kier molecular flexibility index (Phi) is 3.49. The summed E-state index contributed by atoms with van der Waals surface area (Å²) < 4.78 is 6.08. The fourth-order valence-electron chi connectivity index (χ4n) is 1.89. The summed E-state index contributed by atoms with van der Waals surface area (Å²) in [5.41, 5.74) is 2.28. The van der Waals surface area contributed by atoms with E-state index in [1.54, 1.807) is 0 Å². The molecule has 1 N–H and O–H groups in total. The number of hydrogen-bond donors (Lipinski definition) is 1. The van der Waals surface area contributed by atoms with E-state index >= 15 is 0 Å². The molecule has 0 saturated heterocycles. The Hall–Kier alpha value is -1.03. The van der Waals surface area contributed by atoms with Crippen molar-refractivity contribution in [2.24, 2.45) is 0 Å². The molecule has 1 atom stereocenters. The molecule has 1 heterocycles. The van der Waals surface area contributed by atoms with Crippen molar-refractivity contribution in [3.05, 3.63) is 28.2 Å². The lowest BCUT2D eigenvalue weighted by Crippen LogP contribution is -2.34. The summed E-state index contributed by atoms with van der Waals surface area (Å²) >= 11 is 3.44. The van der Waals surface area contributed by atoms with Crippen molar-refractivity contribution in [1.82, 2.24) is 0 Å². The van der Waals surface area contributed by atoms with Crippen molar-refractivity contribution in [2.75, 3.05) is 11.9 Å². The molecule has 0 fully saturated rings. The van der Waals surface area contributed by atoms with Crippen molar-refractivity contribution < 1.29 is 9.53 Å². The highest BCUT2D eigenvalue weighted by molar-refractivity contribution is 9.10. The second-order valence-electron chi connectivity index (χ2n) is 3.79. The van der Waals surface area contributed by atoms with Crippen LogP contribution in [0.15, 0.2) is 22.7 Å². The third-order valence-electron chi connectivity index (χ3n) is 2.67. The van der Waals surface area contributed by atoms with Gasteiger partial charge in [0.05, 0.1) is 6.61 Å². The van der Waals surface area contributed by atoms with Gasteiger partial charge in [-0.15, -0.1) is 0 Å². The Morgan fingerprint density at radius 2 is 2.44 bits per heavy atom. The normalized spacial score (nSPS) is 18.5. The summed E-state index contributed by atoms with van der Waals surface area (Å²) in [5.74, 6) is -0.156. The van der Waals surface area contributed by atoms with E-state index in [-0.39, 0.29) is 12.0 Å². The molecule has 1 aliphatic heterocycles. The van der Waals surface area contributed by atoms with Crippen LogP contribution in [-0.4, -0.2) is 18.6 Å². The molecule has 86 valence electrons. The van der Waals surface area contributed by atoms with E-state index < -0.39 is 0 Å². The molecule has 0 saturated carbocycles. The molecule has 2 rings (SSSR count). The largest absolute Gasteiger partial charge is 0.464 e. The number of carbonyl (C=O) groups is 1. The van der Waals surface area contributed by atoms with Gasteiger partial charge in [-0.1, -0.05) is 15.9 Å². The summed E-state index contributed by atoms with van der Waals surface area (Å²) in [5, 5.41) is 3.21. The molecule has 0 radical (unpaired) electrons. The van der Waals surface area contributed by atoms with Crippen LogP contribution >= 0.6 is 15.9 Å². The topological polar surface area (TPSA) is 38.3 Å². The Labute approximate surface area is 103 Å². The molecular weight excluding hydrogens is 270 g/mol. The number of fused-ring (bicyclic) bond motifs is 1. The summed E-state index contributed by atoms with van der Waals surface area (Å²) in [7, 11) is 0. The van der Waals surface area contributed by atoms with Crippen LogP contribution in [0.1, 0.15) is 18.9 Å². The molecule has 4 heteroatoms. The van der Waals surface area contributed by atoms with Gasteiger partial charge in [0.25, 0.3) is 0 Å². The minimum absolute atomic E-state index is 0.156. The Balaban J connectivity index is 2.12. The van der Waals surface area contributed by atoms with Gasteiger partial charge >= 0.3 is 5.97 Å². The first-order valence-electron chi connectivity index (χ1n) is 5.42. The highest BCUT2D eigenvalue weighted by Gasteiger charge is 2.24. The maximum absolute atomic E-state index is 11.6. The van der Waals surface area contributed by atoms with E-state index in [0.29, 0.717) is 6.61 Å². The van der Waals surface area contributed by atoms with Gasteiger partial charge in [0.2, 0.25) is 0 Å². The third kappa shape index (κ3) is 2.38. The highest BCUT2D eigenvalue weighted by Crippen LogP contribution is 2.27. The summed E-state index contributed by atoms with van der Waals surface area (Å²) in [6.45, 7) is 2.26. The average molecular weight is 284 g/mol. The number of nitrogens with one attached hydrogen (secondary N) is 1. The second-order valence-corrected chi connectivity index (χ2v) is 4.70. The van der Waals surface area contributed by atoms with Crippen LogP contribution in [-0.2, 0) is 16.0 Å². The van der Waals surface area contributed by atoms with Crippen LogP contribution < -0.4 is 5.32 Å². The van der Waals surface area contributed by atoms with Crippen LogP contribution in [0.25, 0.3) is 0 Å². The zero-order chi connectivity index (χ0) is 11.5. The highest BCUT2D eigenvalue weighted by atomic mass is 79.9. The molecule has 16 heavy (non-hydrogen) atoms. The van der Waals surface area contributed by atoms with Crippen molar-refractivity contribution >= 4 is 27.6 Å². The molecule has 0 amide bonds. The van der Waals surface area contributed by atoms with Gasteiger partial charge in [-0.2, -0.15) is 0 Å². The van der Waals surface area contributed by atoms with Crippen molar-refractivity contribution in [3.8, 4) is 0 Å². The predicted molar refractivity (Wildman–Crippen MR) is 66.5 cm³/mol. The first kappa shape index (κ1) is 11.5. The first-order valence-corrected chi connectivity index (χ1v) is 6.21. The van der Waals surface area contributed by atoms with Gasteiger partial charge in [-0.3, -0.25) is 0 Å². The van der Waals surface area contributed by atoms with Gasteiger partial charge in [0.15, 0.2) is 0 Å². The van der Waals surface area contributed by atoms with Crippen molar-refractivity contribution in [1.29, 1.82) is 0 Å². The number of aryl methyl sites for hydroxylation is 1. The minimum Gasteiger partial charge on any atom is -0.464 e. The number of hydrogen-bond acceptors (Lipinski definition) is 3. The first-order chi connectivity index (χ1) is 7.70. The molecule has 1 aromatic rings. The average Bonchev–Trinajstić information content (AvgIpc) is 2.28. The number of carbonyl (C=O) groups excluding carboxylic acids is 1. The van der Waals surface area contributed by atoms with E-state index in [9.17, 15) is 4.79 Å². The lowest BCUT2D eigenvalue weighted by atomic mass is 9.98. The summed E-state index contributed by atoms with van der Waals surface area (Å²) in [6, 6.07) is 5.85. The Morgan fingerprint density at radius 1 is 1.62 bits per heavy atom. The number of halogens is 1. The van der Waals surface area contributed by atoms with E-state index in [1.807, 2.05) is 19.1 Å². The van der Waals surface area contributed by atoms with Crippen LogP contribution in [0.2, 0.25) is 0 Å². The molecule has 1 aliphatic rings. The molecule has 1 aromatic carbocycles. The van der Waals surface area contributed by atoms with E-state index in [2.05, 4.69) is 27.3 Å². The van der Waals surface area contributed by atoms with Gasteiger partial charge in [0, 0.05) is 10.2 Å². The van der Waals surface area contributed by atoms with Gasteiger partial charge < -0.3 is 10.1 Å². The minimum atomic E-state index is -0.200. The molecule has 0 spiro atoms. The zero-order valence-electron chi connectivity index (χ0n) is 9.13. The third-order valence-corrected chi connectivity index (χ3v) is 3.16. The lowest BCUT2D eigenvalue weighted by Gasteiger charge is -2.25. The van der Waals surface area contributed by atoms with Gasteiger partial charge in [-0.05, 0) is 43.5 Å². The predicted octanol–water partition coefficient (Wildman–Crippen LogP) is 2.74. The zero-order valence-corrected chi connectivity index (χ0v) is 10.7. The Bertz CT molecular complexity index is 406. The van der Waals surface area contributed by atoms with Crippen LogP contribution in [0.3, 0.4) is 0 Å². The van der Waals surface area contributed by atoms with E-state index in [4.69, 9.17) is 4.74 Å². The molecular formula is C12H14BrNO2. The quantitative estimate of drug-likeness (QED) is 0.849. The van der Waals surface area contributed by atoms with E-state index in [1.165, 1.54) is 5.56 Å². The molecule has 0 aliphatic carbocycles. The number of ether oxygens (including phenoxy) is 1. The van der Waals surface area contributed by atoms with Gasteiger partial charge in [-0.25, -0.2) is 4.79 Å². The number of esters is 1. The molecule has 1 unspecified atom stereocenters. The van der Waals surface area contributed by atoms with Crippen LogP contribution in [0, 0.1) is 0 Å². The van der Waals surface area contributed by atoms with Gasteiger partial charge in [0.1, 0.15) is 6.04 Å². The number of anilines is 1. The Morgan fingerprint density at radius 3 is 3.19 bits per heavy atom. The standard InChI is InChI=1S/C12H14BrNO2/c1-2-16-12(15)11-5-3-8-7-9(13)4-6-10(8)14-11/h4,6-7,11,14H,2-3,5H2,1H3. The summed E-state index contributed by atoms with van der Waals surface area (Å²) in [4.78, 5) is 11.6. The smallest absolute Gasteiger partial charge is 0.328 e. The van der Waals surface area contributed by atoms with Crippen molar-refractivity contribution in [2.45, 2.75) is 25.8 Å². The number of benzene rings is 1. The molecule has 3 nitrogen and oxygen atoms in total.